The Hall–Kier alpha value is -2.51. The van der Waals surface area contributed by atoms with E-state index in [1.807, 2.05) is 0 Å². The number of nitrogens with one attached hydrogen (secondary N) is 3. The number of hydrogen-bond donors (Lipinski definition) is 3. The van der Waals surface area contributed by atoms with Crippen molar-refractivity contribution >= 4 is 17.4 Å². The topological polar surface area (TPSA) is 60.0 Å². The lowest BCUT2D eigenvalue weighted by molar-refractivity contribution is -1.00. The van der Waals surface area contributed by atoms with Crippen molar-refractivity contribution in [3.63, 3.8) is 0 Å². The molecule has 1 amide bonds. The summed E-state index contributed by atoms with van der Waals surface area (Å²) in [5, 5.41) is 2.82. The first-order valence-electron chi connectivity index (χ1n) is 10.8. The van der Waals surface area contributed by atoms with Crippen LogP contribution < -0.4 is 15.1 Å². The molecule has 0 atom stereocenters. The fourth-order valence-electron chi connectivity index (χ4n) is 4.55. The Labute approximate surface area is 176 Å². The molecule has 6 nitrogen and oxygen atoms in total. The molecule has 0 spiro atoms. The lowest BCUT2D eigenvalue weighted by atomic mass is 10.1. The van der Waals surface area contributed by atoms with Crippen LogP contribution in [0.5, 0.6) is 0 Å². The third kappa shape index (κ3) is 4.79. The van der Waals surface area contributed by atoms with Gasteiger partial charge in [-0.05, 0) is 57.0 Å². The van der Waals surface area contributed by atoms with Gasteiger partial charge in [0.15, 0.2) is 6.54 Å². The lowest BCUT2D eigenvalue weighted by Crippen LogP contribution is -3.28. The molecule has 1 aromatic heterocycles. The summed E-state index contributed by atoms with van der Waals surface area (Å²) in [7, 11) is 0. The normalized spacial score (nSPS) is 21.4. The number of carbonyl (C=O) groups excluding carboxylic acids is 2. The van der Waals surface area contributed by atoms with Crippen LogP contribution in [0, 0.1) is 19.7 Å². The predicted molar refractivity (Wildman–Crippen MR) is 113 cm³/mol. The number of quaternary nitrogens is 2. The van der Waals surface area contributed by atoms with Crippen LogP contribution in [0.15, 0.2) is 30.3 Å². The fourth-order valence-corrected chi connectivity index (χ4v) is 4.55. The highest BCUT2D eigenvalue weighted by molar-refractivity contribution is 5.98. The van der Waals surface area contributed by atoms with Gasteiger partial charge in [-0.25, -0.2) is 4.39 Å². The van der Waals surface area contributed by atoms with Gasteiger partial charge in [-0.15, -0.1) is 0 Å². The van der Waals surface area contributed by atoms with Crippen LogP contribution in [0.25, 0.3) is 0 Å². The maximum atomic E-state index is 13.0. The summed E-state index contributed by atoms with van der Waals surface area (Å²) in [5.41, 5.74) is 3.79. The molecule has 1 saturated carbocycles. The zero-order valence-electron chi connectivity index (χ0n) is 17.8. The van der Waals surface area contributed by atoms with Crippen LogP contribution >= 0.6 is 0 Å². The van der Waals surface area contributed by atoms with Crippen LogP contribution in [0.3, 0.4) is 0 Å². The largest absolute Gasteiger partial charge is 0.345 e. The molecule has 30 heavy (non-hydrogen) atoms. The third-order valence-corrected chi connectivity index (χ3v) is 6.31. The second-order valence-corrected chi connectivity index (χ2v) is 8.72. The molecule has 160 valence electrons. The molecule has 1 saturated heterocycles. The summed E-state index contributed by atoms with van der Waals surface area (Å²) in [6.45, 7) is 8.55. The second-order valence-electron chi connectivity index (χ2n) is 8.72. The molecule has 0 bridgehead atoms. The minimum Gasteiger partial charge on any atom is -0.345 e. The first-order chi connectivity index (χ1) is 14.4. The molecule has 1 aliphatic heterocycles. The van der Waals surface area contributed by atoms with Gasteiger partial charge >= 0.3 is 0 Å². The van der Waals surface area contributed by atoms with Crippen molar-refractivity contribution in [1.29, 1.82) is 0 Å². The third-order valence-electron chi connectivity index (χ3n) is 6.31. The minimum absolute atomic E-state index is 0.0661. The molecular weight excluding hydrogens is 383 g/mol. The number of Topliss-reactive ketones (excluding diaryl/α,β-unsaturated/α-hetero) is 1. The fraction of sp³-hybridized carbons (Fsp3) is 0.478. The highest BCUT2D eigenvalue weighted by Crippen LogP contribution is 2.38. The van der Waals surface area contributed by atoms with Crippen LogP contribution in [-0.4, -0.2) is 55.5 Å². The van der Waals surface area contributed by atoms with Crippen LogP contribution in [0.4, 0.5) is 10.1 Å². The zero-order chi connectivity index (χ0) is 21.3. The lowest BCUT2D eigenvalue weighted by Gasteiger charge is -2.29. The molecule has 2 fully saturated rings. The number of benzene rings is 1. The molecule has 1 aliphatic carbocycles. The number of rotatable bonds is 7. The highest BCUT2D eigenvalue weighted by atomic mass is 19.1. The Morgan fingerprint density at radius 2 is 1.63 bits per heavy atom. The second kappa shape index (κ2) is 8.70. The van der Waals surface area contributed by atoms with Gasteiger partial charge in [-0.1, -0.05) is 0 Å². The number of aryl methyl sites for hydroxylation is 1. The van der Waals surface area contributed by atoms with E-state index in [-0.39, 0.29) is 17.5 Å². The van der Waals surface area contributed by atoms with Gasteiger partial charge < -0.3 is 19.7 Å². The monoisotopic (exact) mass is 414 g/mol. The number of aromatic nitrogens is 1. The zero-order valence-corrected chi connectivity index (χ0v) is 17.8. The molecule has 2 heterocycles. The van der Waals surface area contributed by atoms with E-state index < -0.39 is 0 Å². The SMILES string of the molecule is Cc1cc(C(=O)C[NH+]2CC[NH+](CC(=O)Nc3ccc(F)cc3)CC2)c(C)n1C1CC1. The van der Waals surface area contributed by atoms with E-state index in [1.165, 1.54) is 40.5 Å². The van der Waals surface area contributed by atoms with Gasteiger partial charge in [-0.2, -0.15) is 0 Å². The standard InChI is InChI=1S/C23H29FN4O2/c1-16-13-21(17(2)28(16)20-7-8-20)22(29)14-26-9-11-27(12-10-26)15-23(30)25-19-5-3-18(24)4-6-19/h3-6,13,20H,7-12,14-15H2,1-2H3,(H,25,30)/p+2. The molecule has 0 radical (unpaired) electrons. The molecule has 7 heteroatoms. The maximum Gasteiger partial charge on any atom is 0.279 e. The van der Waals surface area contributed by atoms with Crippen molar-refractivity contribution in [2.24, 2.45) is 0 Å². The molecule has 4 rings (SSSR count). The van der Waals surface area contributed by atoms with Crippen molar-refractivity contribution in [3.05, 3.63) is 53.1 Å². The number of ketones is 1. The molecule has 3 N–H and O–H groups in total. The number of amides is 1. The summed E-state index contributed by atoms with van der Waals surface area (Å²) in [5.74, 6) is -0.159. The number of piperazine rings is 1. The van der Waals surface area contributed by atoms with Gasteiger partial charge in [0.25, 0.3) is 5.91 Å². The quantitative estimate of drug-likeness (QED) is 0.567. The highest BCUT2D eigenvalue weighted by Gasteiger charge is 2.31. The Morgan fingerprint density at radius 1 is 1.03 bits per heavy atom. The van der Waals surface area contributed by atoms with Gasteiger partial charge in [0.05, 0.1) is 0 Å². The van der Waals surface area contributed by atoms with E-state index in [2.05, 4.69) is 29.8 Å². The molecule has 1 aromatic carbocycles. The number of carbonyl (C=O) groups is 2. The summed E-state index contributed by atoms with van der Waals surface area (Å²) < 4.78 is 15.3. The van der Waals surface area contributed by atoms with Crippen molar-refractivity contribution in [2.75, 3.05) is 44.6 Å². The van der Waals surface area contributed by atoms with Gasteiger partial charge in [-0.3, -0.25) is 9.59 Å². The molecule has 2 aliphatic rings. The average molecular weight is 415 g/mol. The van der Waals surface area contributed by atoms with E-state index in [9.17, 15) is 14.0 Å². The Balaban J connectivity index is 1.24. The van der Waals surface area contributed by atoms with E-state index >= 15 is 0 Å². The predicted octanol–water partition coefficient (Wildman–Crippen LogP) is 0.184. The first kappa shape index (κ1) is 20.8. The van der Waals surface area contributed by atoms with E-state index in [0.29, 0.717) is 24.8 Å². The molecular formula is C23H31FN4O2+2. The average Bonchev–Trinajstić information content (AvgIpc) is 3.49. The van der Waals surface area contributed by atoms with Gasteiger partial charge in [0.2, 0.25) is 5.78 Å². The van der Waals surface area contributed by atoms with Gasteiger partial charge in [0.1, 0.15) is 38.5 Å². The van der Waals surface area contributed by atoms with E-state index in [1.54, 1.807) is 12.1 Å². The summed E-state index contributed by atoms with van der Waals surface area (Å²) >= 11 is 0. The van der Waals surface area contributed by atoms with Gasteiger partial charge in [0, 0.05) is 28.7 Å². The van der Waals surface area contributed by atoms with Crippen LogP contribution in [0.2, 0.25) is 0 Å². The maximum absolute atomic E-state index is 13.0. The summed E-state index contributed by atoms with van der Waals surface area (Å²) in [6, 6.07) is 8.45. The van der Waals surface area contributed by atoms with Crippen molar-refractivity contribution in [2.45, 2.75) is 32.7 Å². The minimum atomic E-state index is -0.318. The molecule has 0 unspecified atom stereocenters. The van der Waals surface area contributed by atoms with Crippen LogP contribution in [0.1, 0.15) is 40.6 Å². The smallest absolute Gasteiger partial charge is 0.279 e. The summed E-state index contributed by atoms with van der Waals surface area (Å²) in [4.78, 5) is 27.7. The van der Waals surface area contributed by atoms with E-state index in [4.69, 9.17) is 0 Å². The van der Waals surface area contributed by atoms with Crippen molar-refractivity contribution in [1.82, 2.24) is 4.57 Å². The summed E-state index contributed by atoms with van der Waals surface area (Å²) in [6.07, 6.45) is 2.43. The van der Waals surface area contributed by atoms with E-state index in [0.717, 1.165) is 37.4 Å². The number of anilines is 1. The molecule has 2 aromatic rings. The Morgan fingerprint density at radius 3 is 2.23 bits per heavy atom. The number of halogens is 1. The Kier molecular flexibility index (Phi) is 6.01. The van der Waals surface area contributed by atoms with Crippen LogP contribution in [-0.2, 0) is 4.79 Å². The van der Waals surface area contributed by atoms with Crippen molar-refractivity contribution in [3.8, 4) is 0 Å². The van der Waals surface area contributed by atoms with Crippen molar-refractivity contribution < 1.29 is 23.8 Å². The Bertz CT molecular complexity index is 925. The number of nitrogens with zero attached hydrogens (tertiary/aromatic N) is 1. The first-order valence-corrected chi connectivity index (χ1v) is 10.8. The number of hydrogen-bond acceptors (Lipinski definition) is 2.